The van der Waals surface area contributed by atoms with E-state index in [9.17, 15) is 8.42 Å². The third-order valence-corrected chi connectivity index (χ3v) is 4.60. The van der Waals surface area contributed by atoms with Crippen molar-refractivity contribution in [2.24, 2.45) is 0 Å². The zero-order valence-electron chi connectivity index (χ0n) is 10.5. The van der Waals surface area contributed by atoms with Gasteiger partial charge in [0.1, 0.15) is 0 Å². The van der Waals surface area contributed by atoms with E-state index in [1.54, 1.807) is 29.8 Å². The molecule has 0 aliphatic heterocycles. The summed E-state index contributed by atoms with van der Waals surface area (Å²) in [7, 11) is -3.56. The van der Waals surface area contributed by atoms with Crippen molar-refractivity contribution in [1.82, 2.24) is 10.3 Å². The van der Waals surface area contributed by atoms with E-state index in [0.29, 0.717) is 11.7 Å². The van der Waals surface area contributed by atoms with Gasteiger partial charge in [-0.3, -0.25) is 4.72 Å². The molecule has 1 aromatic carbocycles. The fourth-order valence-corrected chi connectivity index (χ4v) is 3.40. The monoisotopic (exact) mass is 297 g/mol. The Morgan fingerprint density at radius 2 is 2.21 bits per heavy atom. The normalized spacial score (nSPS) is 11.4. The summed E-state index contributed by atoms with van der Waals surface area (Å²) in [6.07, 6.45) is 1.56. The van der Waals surface area contributed by atoms with Gasteiger partial charge in [0.2, 0.25) is 0 Å². The van der Waals surface area contributed by atoms with Crippen molar-refractivity contribution < 1.29 is 8.42 Å². The Labute approximate surface area is 116 Å². The number of sulfonamides is 1. The average Bonchev–Trinajstić information content (AvgIpc) is 2.89. The second kappa shape index (κ2) is 6.14. The number of hydrogen-bond acceptors (Lipinski definition) is 5. The molecule has 0 saturated heterocycles. The van der Waals surface area contributed by atoms with Crippen LogP contribution in [0.3, 0.4) is 0 Å². The van der Waals surface area contributed by atoms with Gasteiger partial charge in [-0.25, -0.2) is 13.4 Å². The summed E-state index contributed by atoms with van der Waals surface area (Å²) in [6.45, 7) is 3.50. The van der Waals surface area contributed by atoms with Crippen LogP contribution in [0, 0.1) is 0 Å². The lowest BCUT2D eigenvalue weighted by Crippen LogP contribution is -2.15. The largest absolute Gasteiger partial charge is 0.313 e. The van der Waals surface area contributed by atoms with E-state index >= 15 is 0 Å². The molecule has 19 heavy (non-hydrogen) atoms. The van der Waals surface area contributed by atoms with E-state index in [1.165, 1.54) is 11.3 Å². The Balaban J connectivity index is 2.20. The maximum atomic E-state index is 12.2. The van der Waals surface area contributed by atoms with Gasteiger partial charge in [0.05, 0.1) is 4.90 Å². The molecule has 0 radical (unpaired) electrons. The molecule has 0 unspecified atom stereocenters. The zero-order chi connectivity index (χ0) is 13.7. The third-order valence-electron chi connectivity index (χ3n) is 2.44. The molecule has 0 bridgehead atoms. The van der Waals surface area contributed by atoms with E-state index in [1.807, 2.05) is 13.0 Å². The standard InChI is InChI=1S/C12H15N3O2S2/c1-2-13-9-10-4-3-5-11(8-10)19(16,17)15-12-14-6-7-18-12/h3-8,13H,2,9H2,1H3,(H,14,15). The molecular weight excluding hydrogens is 282 g/mol. The summed E-state index contributed by atoms with van der Waals surface area (Å²) in [6, 6.07) is 6.87. The van der Waals surface area contributed by atoms with Gasteiger partial charge < -0.3 is 5.32 Å². The van der Waals surface area contributed by atoms with Crippen molar-refractivity contribution in [2.75, 3.05) is 11.3 Å². The molecule has 2 rings (SSSR count). The van der Waals surface area contributed by atoms with Crippen LogP contribution in [0.15, 0.2) is 40.7 Å². The minimum Gasteiger partial charge on any atom is -0.313 e. The van der Waals surface area contributed by atoms with Gasteiger partial charge >= 0.3 is 0 Å². The van der Waals surface area contributed by atoms with Crippen molar-refractivity contribution in [3.63, 3.8) is 0 Å². The van der Waals surface area contributed by atoms with Gasteiger partial charge in [0.15, 0.2) is 5.13 Å². The lowest BCUT2D eigenvalue weighted by molar-refractivity contribution is 0.601. The van der Waals surface area contributed by atoms with E-state index in [2.05, 4.69) is 15.0 Å². The van der Waals surface area contributed by atoms with Crippen LogP contribution in [0.5, 0.6) is 0 Å². The molecule has 1 aromatic heterocycles. The number of aromatic nitrogens is 1. The number of hydrogen-bond donors (Lipinski definition) is 2. The Morgan fingerprint density at radius 3 is 2.89 bits per heavy atom. The SMILES string of the molecule is CCNCc1cccc(S(=O)(=O)Nc2nccs2)c1. The Bertz CT molecular complexity index is 624. The molecule has 2 N–H and O–H groups in total. The molecule has 0 amide bonds. The number of rotatable bonds is 6. The van der Waals surface area contributed by atoms with Gasteiger partial charge in [-0.2, -0.15) is 0 Å². The highest BCUT2D eigenvalue weighted by Crippen LogP contribution is 2.18. The van der Waals surface area contributed by atoms with Crippen LogP contribution < -0.4 is 10.0 Å². The Morgan fingerprint density at radius 1 is 1.37 bits per heavy atom. The summed E-state index contributed by atoms with van der Waals surface area (Å²) in [5.74, 6) is 0. The van der Waals surface area contributed by atoms with Crippen LogP contribution in [0.2, 0.25) is 0 Å². The maximum absolute atomic E-state index is 12.2. The third kappa shape index (κ3) is 3.76. The van der Waals surface area contributed by atoms with Crippen molar-refractivity contribution >= 4 is 26.5 Å². The van der Waals surface area contributed by atoms with Crippen LogP contribution >= 0.6 is 11.3 Å². The van der Waals surface area contributed by atoms with Crippen LogP contribution in [0.25, 0.3) is 0 Å². The van der Waals surface area contributed by atoms with Crippen LogP contribution in [-0.4, -0.2) is 19.9 Å². The average molecular weight is 297 g/mol. The lowest BCUT2D eigenvalue weighted by atomic mass is 10.2. The number of anilines is 1. The summed E-state index contributed by atoms with van der Waals surface area (Å²) in [5, 5.41) is 5.26. The van der Waals surface area contributed by atoms with Crippen molar-refractivity contribution in [3.8, 4) is 0 Å². The predicted molar refractivity (Wildman–Crippen MR) is 76.7 cm³/mol. The summed E-state index contributed by atoms with van der Waals surface area (Å²) >= 11 is 1.25. The molecule has 0 saturated carbocycles. The zero-order valence-corrected chi connectivity index (χ0v) is 12.1. The van der Waals surface area contributed by atoms with Crippen LogP contribution in [-0.2, 0) is 16.6 Å². The van der Waals surface area contributed by atoms with Crippen molar-refractivity contribution in [1.29, 1.82) is 0 Å². The quantitative estimate of drug-likeness (QED) is 0.856. The molecule has 0 fully saturated rings. The number of benzene rings is 1. The molecule has 0 aliphatic rings. The van der Waals surface area contributed by atoms with Gasteiger partial charge in [-0.15, -0.1) is 11.3 Å². The van der Waals surface area contributed by atoms with E-state index in [4.69, 9.17) is 0 Å². The van der Waals surface area contributed by atoms with E-state index in [0.717, 1.165) is 12.1 Å². The summed E-state index contributed by atoms with van der Waals surface area (Å²) < 4.78 is 26.8. The lowest BCUT2D eigenvalue weighted by Gasteiger charge is -2.07. The maximum Gasteiger partial charge on any atom is 0.263 e. The highest BCUT2D eigenvalue weighted by atomic mass is 32.2. The second-order valence-corrected chi connectivity index (χ2v) is 6.45. The predicted octanol–water partition coefficient (Wildman–Crippen LogP) is 2.05. The molecule has 1 heterocycles. The topological polar surface area (TPSA) is 71.1 Å². The van der Waals surface area contributed by atoms with Gasteiger partial charge in [-0.1, -0.05) is 19.1 Å². The van der Waals surface area contributed by atoms with Gasteiger partial charge in [0.25, 0.3) is 10.0 Å². The highest BCUT2D eigenvalue weighted by Gasteiger charge is 2.15. The molecule has 2 aromatic rings. The molecule has 0 spiro atoms. The number of thiazole rings is 1. The van der Waals surface area contributed by atoms with Crippen molar-refractivity contribution in [3.05, 3.63) is 41.4 Å². The Hall–Kier alpha value is -1.44. The van der Waals surface area contributed by atoms with Gasteiger partial charge in [-0.05, 0) is 24.2 Å². The summed E-state index contributed by atoms with van der Waals surface area (Å²) in [4.78, 5) is 4.16. The first-order chi connectivity index (χ1) is 9.12. The smallest absolute Gasteiger partial charge is 0.263 e. The van der Waals surface area contributed by atoms with E-state index in [-0.39, 0.29) is 4.90 Å². The fraction of sp³-hybridized carbons (Fsp3) is 0.250. The fourth-order valence-electron chi connectivity index (χ4n) is 1.54. The first-order valence-corrected chi connectivity index (χ1v) is 8.20. The first-order valence-electron chi connectivity index (χ1n) is 5.84. The minimum atomic E-state index is -3.56. The number of nitrogens with zero attached hydrogens (tertiary/aromatic N) is 1. The molecular formula is C12H15N3O2S2. The minimum absolute atomic E-state index is 0.248. The Kier molecular flexibility index (Phi) is 4.52. The van der Waals surface area contributed by atoms with E-state index < -0.39 is 10.0 Å². The van der Waals surface area contributed by atoms with Crippen LogP contribution in [0.1, 0.15) is 12.5 Å². The molecule has 102 valence electrons. The second-order valence-electron chi connectivity index (χ2n) is 3.87. The molecule has 7 heteroatoms. The van der Waals surface area contributed by atoms with Crippen molar-refractivity contribution in [2.45, 2.75) is 18.4 Å². The molecule has 5 nitrogen and oxygen atoms in total. The van der Waals surface area contributed by atoms with Crippen LogP contribution in [0.4, 0.5) is 5.13 Å². The summed E-state index contributed by atoms with van der Waals surface area (Å²) in [5.41, 5.74) is 0.934. The van der Waals surface area contributed by atoms with Gasteiger partial charge in [0, 0.05) is 18.1 Å². The molecule has 0 aliphatic carbocycles. The number of nitrogens with one attached hydrogen (secondary N) is 2. The molecule has 0 atom stereocenters. The first kappa shape index (κ1) is 14.0. The highest BCUT2D eigenvalue weighted by molar-refractivity contribution is 7.93.